The molecule has 2 aromatic carbocycles. The molecule has 25 heavy (non-hydrogen) atoms. The van der Waals surface area contributed by atoms with Crippen LogP contribution in [0, 0.1) is 0 Å². The summed E-state index contributed by atoms with van der Waals surface area (Å²) in [5, 5.41) is 11.5. The van der Waals surface area contributed by atoms with Crippen LogP contribution in [0.3, 0.4) is 0 Å². The van der Waals surface area contributed by atoms with Crippen molar-refractivity contribution in [1.29, 1.82) is 0 Å². The maximum atomic E-state index is 12.5. The van der Waals surface area contributed by atoms with Crippen LogP contribution in [0.25, 0.3) is 0 Å². The summed E-state index contributed by atoms with van der Waals surface area (Å²) in [6.45, 7) is 0. The molecule has 0 spiro atoms. The van der Waals surface area contributed by atoms with Crippen LogP contribution in [0.2, 0.25) is 0 Å². The number of amides is 1. The quantitative estimate of drug-likeness (QED) is 0.747. The average molecular weight is 363 g/mol. The Balaban J connectivity index is 1.65. The van der Waals surface area contributed by atoms with Gasteiger partial charge in [0.2, 0.25) is 5.13 Å². The highest BCUT2D eigenvalue weighted by Crippen LogP contribution is 2.29. The molecule has 0 fully saturated rings. The normalized spacial score (nSPS) is 11.3. The zero-order valence-electron chi connectivity index (χ0n) is 12.7. The minimum atomic E-state index is -4.43. The molecule has 0 unspecified atom stereocenters. The Hall–Kier alpha value is -2.74. The lowest BCUT2D eigenvalue weighted by molar-refractivity contribution is -0.137. The van der Waals surface area contributed by atoms with Crippen LogP contribution in [0.5, 0.6) is 0 Å². The Labute approximate surface area is 145 Å². The van der Waals surface area contributed by atoms with Crippen molar-refractivity contribution in [1.82, 2.24) is 10.2 Å². The number of carbonyl (C=O) groups is 1. The number of nitrogens with zero attached hydrogens (tertiary/aromatic N) is 2. The molecule has 3 rings (SSSR count). The summed E-state index contributed by atoms with van der Waals surface area (Å²) in [6, 6.07) is 13.7. The summed E-state index contributed by atoms with van der Waals surface area (Å²) in [4.78, 5) is 12.1. The van der Waals surface area contributed by atoms with E-state index in [4.69, 9.17) is 0 Å². The molecular weight excluding hydrogens is 351 g/mol. The molecule has 1 heterocycles. The molecule has 1 N–H and O–H groups in total. The van der Waals surface area contributed by atoms with E-state index in [1.807, 2.05) is 30.3 Å². The maximum Gasteiger partial charge on any atom is 0.416 e. The first-order valence-electron chi connectivity index (χ1n) is 7.27. The number of nitrogens with one attached hydrogen (secondary N) is 1. The first-order chi connectivity index (χ1) is 11.9. The second-order valence-corrected chi connectivity index (χ2v) is 6.25. The fourth-order valence-electron chi connectivity index (χ4n) is 2.13. The molecule has 128 valence electrons. The van der Waals surface area contributed by atoms with Gasteiger partial charge >= 0.3 is 6.18 Å². The predicted molar refractivity (Wildman–Crippen MR) is 88.6 cm³/mol. The van der Waals surface area contributed by atoms with Crippen LogP contribution >= 0.6 is 11.3 Å². The minimum absolute atomic E-state index is 0.118. The topological polar surface area (TPSA) is 54.9 Å². The molecule has 0 radical (unpaired) electrons. The third-order valence-corrected chi connectivity index (χ3v) is 4.20. The molecule has 0 atom stereocenters. The van der Waals surface area contributed by atoms with E-state index in [-0.39, 0.29) is 5.56 Å². The van der Waals surface area contributed by atoms with Gasteiger partial charge in [0.1, 0.15) is 5.01 Å². The van der Waals surface area contributed by atoms with Gasteiger partial charge in [0.15, 0.2) is 0 Å². The Bertz CT molecular complexity index is 861. The highest BCUT2D eigenvalue weighted by Gasteiger charge is 2.30. The standard InChI is InChI=1S/C17H12F3N3OS/c18-17(19,20)13-8-6-12(7-9-13)15(24)21-16-23-22-14(25-16)10-11-4-2-1-3-5-11/h1-9H,10H2,(H,21,23,24). The van der Waals surface area contributed by atoms with Crippen LogP contribution in [0.4, 0.5) is 18.3 Å². The highest BCUT2D eigenvalue weighted by atomic mass is 32.1. The van der Waals surface area contributed by atoms with Crippen molar-refractivity contribution in [2.24, 2.45) is 0 Å². The largest absolute Gasteiger partial charge is 0.416 e. The lowest BCUT2D eigenvalue weighted by Gasteiger charge is -2.07. The van der Waals surface area contributed by atoms with Gasteiger partial charge in [0, 0.05) is 12.0 Å². The number of aromatic nitrogens is 2. The molecule has 0 aliphatic heterocycles. The van der Waals surface area contributed by atoms with E-state index >= 15 is 0 Å². The van der Waals surface area contributed by atoms with Crippen molar-refractivity contribution in [3.8, 4) is 0 Å². The van der Waals surface area contributed by atoms with E-state index in [0.717, 1.165) is 34.8 Å². The van der Waals surface area contributed by atoms with E-state index in [2.05, 4.69) is 15.5 Å². The summed E-state index contributed by atoms with van der Waals surface area (Å²) in [5.74, 6) is -0.531. The number of rotatable bonds is 4. The molecule has 0 bridgehead atoms. The van der Waals surface area contributed by atoms with Gasteiger partial charge in [-0.15, -0.1) is 10.2 Å². The third kappa shape index (κ3) is 4.42. The molecule has 8 heteroatoms. The number of alkyl halides is 3. The Morgan fingerprint density at radius 1 is 1.00 bits per heavy atom. The fourth-order valence-corrected chi connectivity index (χ4v) is 2.89. The van der Waals surface area contributed by atoms with E-state index in [0.29, 0.717) is 11.6 Å². The Morgan fingerprint density at radius 2 is 1.68 bits per heavy atom. The van der Waals surface area contributed by atoms with Crippen molar-refractivity contribution in [3.63, 3.8) is 0 Å². The van der Waals surface area contributed by atoms with Gasteiger partial charge in [0.25, 0.3) is 5.91 Å². The summed E-state index contributed by atoms with van der Waals surface area (Å²) in [7, 11) is 0. The van der Waals surface area contributed by atoms with Crippen LogP contribution < -0.4 is 5.32 Å². The van der Waals surface area contributed by atoms with Crippen molar-refractivity contribution in [2.75, 3.05) is 5.32 Å². The van der Waals surface area contributed by atoms with Crippen molar-refractivity contribution >= 4 is 22.4 Å². The second-order valence-electron chi connectivity index (χ2n) is 5.19. The van der Waals surface area contributed by atoms with Gasteiger partial charge in [-0.3, -0.25) is 10.1 Å². The summed E-state index contributed by atoms with van der Waals surface area (Å²) in [5.41, 5.74) is 0.386. The average Bonchev–Trinajstić information content (AvgIpc) is 3.02. The highest BCUT2D eigenvalue weighted by molar-refractivity contribution is 7.15. The molecule has 1 aromatic heterocycles. The second kappa shape index (κ2) is 7.02. The number of carbonyl (C=O) groups excluding carboxylic acids is 1. The van der Waals surface area contributed by atoms with Crippen molar-refractivity contribution in [2.45, 2.75) is 12.6 Å². The predicted octanol–water partition coefficient (Wildman–Crippen LogP) is 4.40. The smallest absolute Gasteiger partial charge is 0.296 e. The van der Waals surface area contributed by atoms with Crippen LogP contribution in [-0.4, -0.2) is 16.1 Å². The number of benzene rings is 2. The Kier molecular flexibility index (Phi) is 4.80. The molecule has 0 saturated carbocycles. The molecular formula is C17H12F3N3OS. The molecule has 3 aromatic rings. The molecule has 0 saturated heterocycles. The van der Waals surface area contributed by atoms with Gasteiger partial charge in [-0.1, -0.05) is 41.7 Å². The van der Waals surface area contributed by atoms with Gasteiger partial charge in [-0.25, -0.2) is 0 Å². The zero-order valence-corrected chi connectivity index (χ0v) is 13.6. The van der Waals surface area contributed by atoms with Gasteiger partial charge in [-0.2, -0.15) is 13.2 Å². The SMILES string of the molecule is O=C(Nc1nnc(Cc2ccccc2)s1)c1ccc(C(F)(F)F)cc1. The van der Waals surface area contributed by atoms with Gasteiger partial charge in [0.05, 0.1) is 5.56 Å². The summed E-state index contributed by atoms with van der Waals surface area (Å²) < 4.78 is 37.6. The monoisotopic (exact) mass is 363 g/mol. The molecule has 0 aliphatic carbocycles. The van der Waals surface area contributed by atoms with E-state index in [9.17, 15) is 18.0 Å². The molecule has 0 aliphatic rings. The van der Waals surface area contributed by atoms with E-state index in [1.54, 1.807) is 0 Å². The van der Waals surface area contributed by atoms with Crippen LogP contribution in [0.15, 0.2) is 54.6 Å². The summed E-state index contributed by atoms with van der Waals surface area (Å²) >= 11 is 1.22. The number of hydrogen-bond acceptors (Lipinski definition) is 4. The zero-order chi connectivity index (χ0) is 17.9. The molecule has 4 nitrogen and oxygen atoms in total. The lowest BCUT2D eigenvalue weighted by Crippen LogP contribution is -2.12. The third-order valence-electron chi connectivity index (χ3n) is 3.36. The van der Waals surface area contributed by atoms with Gasteiger partial charge in [-0.05, 0) is 29.8 Å². The lowest BCUT2D eigenvalue weighted by atomic mass is 10.1. The Morgan fingerprint density at radius 3 is 2.32 bits per heavy atom. The van der Waals surface area contributed by atoms with Gasteiger partial charge < -0.3 is 0 Å². The molecule has 1 amide bonds. The summed E-state index contributed by atoms with van der Waals surface area (Å²) in [6.07, 6.45) is -3.84. The number of anilines is 1. The van der Waals surface area contributed by atoms with Crippen LogP contribution in [-0.2, 0) is 12.6 Å². The number of hydrogen-bond donors (Lipinski definition) is 1. The fraction of sp³-hybridized carbons (Fsp3) is 0.118. The van der Waals surface area contributed by atoms with Crippen molar-refractivity contribution < 1.29 is 18.0 Å². The first-order valence-corrected chi connectivity index (χ1v) is 8.08. The maximum absolute atomic E-state index is 12.5. The van der Waals surface area contributed by atoms with Crippen LogP contribution in [0.1, 0.15) is 26.5 Å². The van der Waals surface area contributed by atoms with Crippen molar-refractivity contribution in [3.05, 3.63) is 76.3 Å². The number of halogens is 3. The minimum Gasteiger partial charge on any atom is -0.296 e. The van der Waals surface area contributed by atoms with E-state index in [1.165, 1.54) is 11.3 Å². The first kappa shape index (κ1) is 17.1. The van der Waals surface area contributed by atoms with E-state index < -0.39 is 17.6 Å².